The van der Waals surface area contributed by atoms with E-state index in [2.05, 4.69) is 13.8 Å². The summed E-state index contributed by atoms with van der Waals surface area (Å²) in [5, 5.41) is 50.1. The number of aliphatic hydroxyl groups excluding tert-OH is 5. The van der Waals surface area contributed by atoms with Crippen molar-refractivity contribution in [2.75, 3.05) is 13.2 Å². The average Bonchev–Trinajstić information content (AvgIpc) is 3.24. The van der Waals surface area contributed by atoms with E-state index in [9.17, 15) is 44.6 Å². The number of carbonyl (C=O) groups excluding carboxylic acids is 2. The normalized spacial score (nSPS) is 21.9. The fourth-order valence-corrected chi connectivity index (χ4v) is 8.91. The second-order valence-corrected chi connectivity index (χ2v) is 19.1. The van der Waals surface area contributed by atoms with Gasteiger partial charge >= 0.3 is 19.8 Å². The van der Waals surface area contributed by atoms with Crippen LogP contribution < -0.4 is 0 Å². The molecule has 0 saturated heterocycles. The van der Waals surface area contributed by atoms with Crippen molar-refractivity contribution in [3.8, 4) is 0 Å². The minimum atomic E-state index is -5.11. The highest BCUT2D eigenvalue weighted by Gasteiger charge is 2.51. The van der Waals surface area contributed by atoms with Crippen molar-refractivity contribution in [2.45, 2.75) is 275 Å². The summed E-state index contributed by atoms with van der Waals surface area (Å²) < 4.78 is 33.5. The molecule has 0 spiro atoms. The molecule has 1 aliphatic carbocycles. The van der Waals surface area contributed by atoms with E-state index in [-0.39, 0.29) is 12.8 Å². The lowest BCUT2D eigenvalue weighted by molar-refractivity contribution is -0.220. The highest BCUT2D eigenvalue weighted by Crippen LogP contribution is 2.47. The smallest absolute Gasteiger partial charge is 0.462 e. The van der Waals surface area contributed by atoms with Crippen molar-refractivity contribution < 1.29 is 63.1 Å². The minimum absolute atomic E-state index is 0.103. The molecule has 0 aromatic carbocycles. The third-order valence-corrected chi connectivity index (χ3v) is 12.9. The molecule has 6 N–H and O–H groups in total. The van der Waals surface area contributed by atoms with Crippen LogP contribution in [-0.4, -0.2) is 98.3 Å². The Hall–Kier alpha value is -1.15. The van der Waals surface area contributed by atoms with Crippen molar-refractivity contribution in [3.05, 3.63) is 0 Å². The lowest BCUT2D eigenvalue weighted by Crippen LogP contribution is -2.64. The zero-order valence-electron chi connectivity index (χ0n) is 38.5. The van der Waals surface area contributed by atoms with Crippen LogP contribution in [0.3, 0.4) is 0 Å². The number of esters is 2. The Balaban J connectivity index is 2.32. The van der Waals surface area contributed by atoms with Gasteiger partial charge in [0.05, 0.1) is 6.61 Å². The maximum Gasteiger partial charge on any atom is 0.472 e. The van der Waals surface area contributed by atoms with E-state index < -0.39 is 75.7 Å². The molecule has 0 amide bonds. The Morgan fingerprint density at radius 1 is 0.443 bits per heavy atom. The summed E-state index contributed by atoms with van der Waals surface area (Å²) in [4.78, 5) is 35.7. The molecule has 0 bridgehead atoms. The third kappa shape index (κ3) is 30.6. The van der Waals surface area contributed by atoms with E-state index in [1.165, 1.54) is 148 Å². The second kappa shape index (κ2) is 38.2. The van der Waals surface area contributed by atoms with Crippen LogP contribution in [0.15, 0.2) is 0 Å². The summed E-state index contributed by atoms with van der Waals surface area (Å²) in [6.45, 7) is 3.31. The Morgan fingerprint density at radius 3 is 1.08 bits per heavy atom. The van der Waals surface area contributed by atoms with Gasteiger partial charge in [-0.15, -0.1) is 0 Å². The zero-order valence-corrected chi connectivity index (χ0v) is 39.4. The Bertz CT molecular complexity index is 1080. The van der Waals surface area contributed by atoms with Gasteiger partial charge in [-0.3, -0.25) is 18.6 Å². The first-order valence-electron chi connectivity index (χ1n) is 24.8. The molecule has 13 nitrogen and oxygen atoms in total. The third-order valence-electron chi connectivity index (χ3n) is 11.9. The summed E-state index contributed by atoms with van der Waals surface area (Å²) in [6.07, 6.45) is 26.1. The van der Waals surface area contributed by atoms with Crippen molar-refractivity contribution in [2.24, 2.45) is 0 Å². The number of rotatable bonds is 42. The number of phosphoric ester groups is 1. The molecule has 14 heteroatoms. The topological polar surface area (TPSA) is 210 Å². The number of hydrogen-bond acceptors (Lipinski definition) is 12. The van der Waals surface area contributed by atoms with Crippen LogP contribution >= 0.6 is 7.82 Å². The highest BCUT2D eigenvalue weighted by atomic mass is 31.2. The molecule has 6 unspecified atom stereocenters. The molecule has 61 heavy (non-hydrogen) atoms. The average molecular weight is 895 g/mol. The van der Waals surface area contributed by atoms with Crippen LogP contribution in [0.25, 0.3) is 0 Å². The van der Waals surface area contributed by atoms with Crippen molar-refractivity contribution in [1.29, 1.82) is 0 Å². The lowest BCUT2D eigenvalue weighted by Gasteiger charge is -2.41. The molecule has 1 saturated carbocycles. The molecule has 0 radical (unpaired) electrons. The predicted molar refractivity (Wildman–Crippen MR) is 240 cm³/mol. The molecule has 0 aromatic rings. The summed E-state index contributed by atoms with van der Waals surface area (Å²) in [5.41, 5.74) is 0. The van der Waals surface area contributed by atoms with Gasteiger partial charge in [-0.1, -0.05) is 206 Å². The SMILES string of the molecule is CCCCCCCCCCCCCCCCCCCCCCCCC(=O)OC[C@@H](COP(=O)(O)OC1C(O)C(O)C(O)[C@H](O)C1O)OC(=O)CCCCCCCCCCCC. The van der Waals surface area contributed by atoms with Gasteiger partial charge in [0.1, 0.15) is 43.2 Å². The maximum absolute atomic E-state index is 12.8. The van der Waals surface area contributed by atoms with Gasteiger partial charge in [-0.05, 0) is 12.8 Å². The second-order valence-electron chi connectivity index (χ2n) is 17.7. The van der Waals surface area contributed by atoms with Gasteiger partial charge in [-0.25, -0.2) is 4.57 Å². The van der Waals surface area contributed by atoms with Gasteiger partial charge in [0.25, 0.3) is 0 Å². The van der Waals surface area contributed by atoms with Crippen LogP contribution in [0.5, 0.6) is 0 Å². The standard InChI is InChI=1S/C47H91O13P/c1-3-5-7-9-11-13-15-16-17-18-19-20-21-22-23-24-25-26-28-29-31-33-35-40(48)57-37-39(59-41(49)36-34-32-30-27-14-12-10-8-6-4-2)38-58-61(55,56)60-47-45(53)43(51)42(50)44(52)46(47)54/h39,42-47,50-54H,3-38H2,1-2H3,(H,55,56)/t39-,42?,43-,44?,45?,46?,47?/m0/s1. The zero-order chi connectivity index (χ0) is 45.0. The van der Waals surface area contributed by atoms with Gasteiger partial charge in [0.15, 0.2) is 6.10 Å². The monoisotopic (exact) mass is 895 g/mol. The first-order valence-corrected chi connectivity index (χ1v) is 26.3. The van der Waals surface area contributed by atoms with Gasteiger partial charge in [0.2, 0.25) is 0 Å². The molecule has 0 heterocycles. The lowest BCUT2D eigenvalue weighted by atomic mass is 9.85. The molecule has 1 rings (SSSR count). The summed E-state index contributed by atoms with van der Waals surface area (Å²) in [5.74, 6) is -1.09. The largest absolute Gasteiger partial charge is 0.472 e. The summed E-state index contributed by atoms with van der Waals surface area (Å²) >= 11 is 0. The molecular formula is C47H91O13P. The Morgan fingerprint density at radius 2 is 0.738 bits per heavy atom. The van der Waals surface area contributed by atoms with Crippen LogP contribution in [-0.2, 0) is 32.7 Å². The first kappa shape index (κ1) is 57.9. The first-order chi connectivity index (χ1) is 29.4. The number of ether oxygens (including phenoxy) is 2. The van der Waals surface area contributed by atoms with E-state index in [1.807, 2.05) is 0 Å². The minimum Gasteiger partial charge on any atom is -0.462 e. The highest BCUT2D eigenvalue weighted by molar-refractivity contribution is 7.47. The summed E-state index contributed by atoms with van der Waals surface area (Å²) in [7, 11) is -5.11. The van der Waals surface area contributed by atoms with Crippen LogP contribution in [0.2, 0.25) is 0 Å². The predicted octanol–water partition coefficient (Wildman–Crippen LogP) is 10.1. The van der Waals surface area contributed by atoms with E-state index in [0.29, 0.717) is 12.8 Å². The van der Waals surface area contributed by atoms with E-state index in [0.717, 1.165) is 44.9 Å². The molecule has 8 atom stereocenters. The Kier molecular flexibility index (Phi) is 36.2. The van der Waals surface area contributed by atoms with Crippen molar-refractivity contribution in [3.63, 3.8) is 0 Å². The van der Waals surface area contributed by atoms with Crippen molar-refractivity contribution >= 4 is 19.8 Å². The number of unbranched alkanes of at least 4 members (excludes halogenated alkanes) is 30. The Labute approximate surface area is 370 Å². The molecular weight excluding hydrogens is 803 g/mol. The van der Waals surface area contributed by atoms with Crippen LogP contribution in [0.4, 0.5) is 0 Å². The maximum atomic E-state index is 12.8. The van der Waals surface area contributed by atoms with Gasteiger partial charge in [-0.2, -0.15) is 0 Å². The molecule has 362 valence electrons. The number of phosphoric acid groups is 1. The number of aliphatic hydroxyl groups is 5. The van der Waals surface area contributed by atoms with E-state index >= 15 is 0 Å². The van der Waals surface area contributed by atoms with E-state index in [1.54, 1.807) is 0 Å². The fourth-order valence-electron chi connectivity index (χ4n) is 7.94. The van der Waals surface area contributed by atoms with Crippen LogP contribution in [0, 0.1) is 0 Å². The fraction of sp³-hybridized carbons (Fsp3) is 0.957. The number of carbonyl (C=O) groups is 2. The number of hydrogen-bond donors (Lipinski definition) is 6. The van der Waals surface area contributed by atoms with Crippen molar-refractivity contribution in [1.82, 2.24) is 0 Å². The quantitative estimate of drug-likeness (QED) is 0.0192. The molecule has 1 fully saturated rings. The summed E-state index contributed by atoms with van der Waals surface area (Å²) in [6, 6.07) is 0. The molecule has 0 aromatic heterocycles. The van der Waals surface area contributed by atoms with Crippen LogP contribution in [0.1, 0.15) is 232 Å². The van der Waals surface area contributed by atoms with E-state index in [4.69, 9.17) is 18.5 Å². The van der Waals surface area contributed by atoms with Gasteiger partial charge in [0, 0.05) is 12.8 Å². The molecule has 1 aliphatic rings. The molecule has 0 aliphatic heterocycles. The van der Waals surface area contributed by atoms with Gasteiger partial charge < -0.3 is 39.9 Å².